The number of hydrogen-bond acceptors (Lipinski definition) is 5. The first-order chi connectivity index (χ1) is 17.1. The van der Waals surface area contributed by atoms with Crippen molar-refractivity contribution < 1.29 is 19.1 Å². The molecule has 0 bridgehead atoms. The van der Waals surface area contributed by atoms with Crippen molar-refractivity contribution in [3.05, 3.63) is 71.0 Å². The number of aromatic amines is 1. The molecule has 1 aromatic heterocycles. The van der Waals surface area contributed by atoms with Gasteiger partial charge >= 0.3 is 5.97 Å². The number of hydrogen-bond donors (Lipinski definition) is 3. The number of aromatic nitrogens is 1. The molecule has 0 spiro atoms. The Bertz CT molecular complexity index is 1280. The predicted octanol–water partition coefficient (Wildman–Crippen LogP) is 4.83. The molecule has 1 fully saturated rings. The zero-order chi connectivity index (χ0) is 24.4. The molecule has 180 valence electrons. The molecule has 35 heavy (non-hydrogen) atoms. The Morgan fingerprint density at radius 3 is 2.57 bits per heavy atom. The summed E-state index contributed by atoms with van der Waals surface area (Å²) in [4.78, 5) is 29.1. The van der Waals surface area contributed by atoms with Gasteiger partial charge in [0.2, 0.25) is 0 Å². The van der Waals surface area contributed by atoms with Crippen molar-refractivity contribution in [3.63, 3.8) is 0 Å². The van der Waals surface area contributed by atoms with E-state index < -0.39 is 5.97 Å². The lowest BCUT2D eigenvalue weighted by atomic mass is 9.84. The molecular formula is C28H29N3O4. The van der Waals surface area contributed by atoms with E-state index in [1.165, 1.54) is 5.56 Å². The van der Waals surface area contributed by atoms with Crippen molar-refractivity contribution in [1.29, 1.82) is 0 Å². The van der Waals surface area contributed by atoms with Gasteiger partial charge in [0.15, 0.2) is 0 Å². The van der Waals surface area contributed by atoms with Gasteiger partial charge in [0.25, 0.3) is 5.91 Å². The summed E-state index contributed by atoms with van der Waals surface area (Å²) in [6, 6.07) is 13.6. The van der Waals surface area contributed by atoms with Gasteiger partial charge < -0.3 is 25.1 Å². The molecule has 2 aliphatic rings. The average Bonchev–Trinajstić information content (AvgIpc) is 3.45. The van der Waals surface area contributed by atoms with E-state index in [1.54, 1.807) is 20.2 Å². The number of amides is 1. The largest absolute Gasteiger partial charge is 0.497 e. The van der Waals surface area contributed by atoms with Crippen molar-refractivity contribution in [1.82, 2.24) is 10.3 Å². The van der Waals surface area contributed by atoms with Gasteiger partial charge in [0, 0.05) is 28.7 Å². The van der Waals surface area contributed by atoms with Crippen LogP contribution in [-0.4, -0.2) is 43.7 Å². The van der Waals surface area contributed by atoms with Gasteiger partial charge in [-0.3, -0.25) is 4.79 Å². The van der Waals surface area contributed by atoms with Crippen LogP contribution in [0.4, 0.5) is 5.69 Å². The zero-order valence-corrected chi connectivity index (χ0v) is 19.9. The number of anilines is 1. The van der Waals surface area contributed by atoms with Crippen LogP contribution >= 0.6 is 0 Å². The predicted molar refractivity (Wildman–Crippen MR) is 137 cm³/mol. The highest BCUT2D eigenvalue weighted by Crippen LogP contribution is 2.42. The van der Waals surface area contributed by atoms with Crippen molar-refractivity contribution >= 4 is 29.2 Å². The molecular weight excluding hydrogens is 442 g/mol. The zero-order valence-electron chi connectivity index (χ0n) is 19.9. The fraction of sp³-hybridized carbons (Fsp3) is 0.286. The number of H-pyrrole nitrogens is 1. The van der Waals surface area contributed by atoms with E-state index in [0.29, 0.717) is 28.3 Å². The molecule has 1 amide bonds. The van der Waals surface area contributed by atoms with E-state index in [0.717, 1.165) is 48.5 Å². The molecule has 2 aliphatic heterocycles. The van der Waals surface area contributed by atoms with Gasteiger partial charge in [0.1, 0.15) is 5.75 Å². The number of ether oxygens (including phenoxy) is 2. The topological polar surface area (TPSA) is 92.5 Å². The number of fused-ring (bicyclic) bond motifs is 1. The van der Waals surface area contributed by atoms with Gasteiger partial charge in [-0.2, -0.15) is 0 Å². The van der Waals surface area contributed by atoms with Crippen LogP contribution in [0.3, 0.4) is 0 Å². The molecule has 0 unspecified atom stereocenters. The third-order valence-electron chi connectivity index (χ3n) is 6.71. The van der Waals surface area contributed by atoms with E-state index in [4.69, 9.17) is 9.47 Å². The number of carbonyl (C=O) groups excluding carboxylic acids is 2. The number of benzene rings is 2. The van der Waals surface area contributed by atoms with E-state index in [9.17, 15) is 9.59 Å². The van der Waals surface area contributed by atoms with Crippen molar-refractivity contribution in [2.24, 2.45) is 0 Å². The molecule has 3 aromatic rings. The van der Waals surface area contributed by atoms with E-state index in [1.807, 2.05) is 42.5 Å². The van der Waals surface area contributed by atoms with Gasteiger partial charge in [-0.05, 0) is 74.2 Å². The molecule has 0 aliphatic carbocycles. The lowest BCUT2D eigenvalue weighted by molar-refractivity contribution is -0.110. The first-order valence-corrected chi connectivity index (χ1v) is 12.0. The summed E-state index contributed by atoms with van der Waals surface area (Å²) in [7, 11) is 1.61. The number of piperidine rings is 1. The standard InChI is InChI=1S/C28H29N3O4/c1-3-35-28(33)22-16-30-24(25(22)18-7-9-19(34-2)10-8-18)15-21-26-20(17-11-13-29-14-12-17)5-4-6-23(26)31-27(21)32/h4-10,15-17,29-30H,3,11-14H2,1-2H3,(H,31,32). The maximum absolute atomic E-state index is 13.1. The van der Waals surface area contributed by atoms with Gasteiger partial charge in [0.05, 0.1) is 24.9 Å². The van der Waals surface area contributed by atoms with E-state index >= 15 is 0 Å². The number of carbonyl (C=O) groups is 2. The summed E-state index contributed by atoms with van der Waals surface area (Å²) in [5.41, 5.74) is 6.20. The number of nitrogens with one attached hydrogen (secondary N) is 3. The van der Waals surface area contributed by atoms with Crippen LogP contribution in [-0.2, 0) is 9.53 Å². The molecule has 3 N–H and O–H groups in total. The summed E-state index contributed by atoms with van der Waals surface area (Å²) in [5.74, 6) is 0.555. The lowest BCUT2D eigenvalue weighted by Gasteiger charge is -2.25. The van der Waals surface area contributed by atoms with Gasteiger partial charge in [-0.15, -0.1) is 0 Å². The Kier molecular flexibility index (Phi) is 6.42. The van der Waals surface area contributed by atoms with Gasteiger partial charge in [-0.25, -0.2) is 4.79 Å². The Labute approximate surface area is 204 Å². The molecule has 0 radical (unpaired) electrons. The van der Waals surface area contributed by atoms with Crippen molar-refractivity contribution in [2.45, 2.75) is 25.7 Å². The van der Waals surface area contributed by atoms with Crippen LogP contribution in [0.1, 0.15) is 52.9 Å². The van der Waals surface area contributed by atoms with Crippen LogP contribution in [0.2, 0.25) is 0 Å². The second-order valence-corrected chi connectivity index (χ2v) is 8.75. The summed E-state index contributed by atoms with van der Waals surface area (Å²) in [6.45, 7) is 3.99. The quantitative estimate of drug-likeness (QED) is 0.354. The second-order valence-electron chi connectivity index (χ2n) is 8.75. The smallest absolute Gasteiger partial charge is 0.340 e. The molecule has 5 rings (SSSR count). The minimum absolute atomic E-state index is 0.144. The Morgan fingerprint density at radius 1 is 1.09 bits per heavy atom. The summed E-state index contributed by atoms with van der Waals surface area (Å²) in [5, 5.41) is 6.44. The first kappa shape index (κ1) is 22.9. The van der Waals surface area contributed by atoms with Crippen LogP contribution in [0, 0.1) is 0 Å². The molecule has 7 nitrogen and oxygen atoms in total. The average molecular weight is 472 g/mol. The fourth-order valence-corrected chi connectivity index (χ4v) is 5.02. The van der Waals surface area contributed by atoms with Crippen LogP contribution in [0.15, 0.2) is 48.7 Å². The first-order valence-electron chi connectivity index (χ1n) is 12.0. The summed E-state index contributed by atoms with van der Waals surface area (Å²) in [6.07, 6.45) is 5.57. The van der Waals surface area contributed by atoms with Crippen molar-refractivity contribution in [3.8, 4) is 16.9 Å². The normalized spacial score (nSPS) is 16.7. The molecule has 0 atom stereocenters. The molecule has 1 saturated heterocycles. The van der Waals surface area contributed by atoms with Crippen molar-refractivity contribution in [2.75, 3.05) is 32.1 Å². The second kappa shape index (κ2) is 9.80. The number of esters is 1. The SMILES string of the molecule is CCOC(=O)c1c[nH]c(C=C2C(=O)Nc3cccc(C4CCNCC4)c32)c1-c1ccc(OC)cc1. The van der Waals surface area contributed by atoms with E-state index in [2.05, 4.69) is 21.7 Å². The van der Waals surface area contributed by atoms with E-state index in [-0.39, 0.29) is 12.5 Å². The highest BCUT2D eigenvalue weighted by Gasteiger charge is 2.31. The molecule has 7 heteroatoms. The minimum atomic E-state index is -0.411. The summed E-state index contributed by atoms with van der Waals surface area (Å²) >= 11 is 0. The Hall–Kier alpha value is -3.84. The Morgan fingerprint density at radius 2 is 1.86 bits per heavy atom. The minimum Gasteiger partial charge on any atom is -0.497 e. The third kappa shape index (κ3) is 4.35. The number of methoxy groups -OCH3 is 1. The fourth-order valence-electron chi connectivity index (χ4n) is 5.02. The lowest BCUT2D eigenvalue weighted by Crippen LogP contribution is -2.27. The molecule has 3 heterocycles. The molecule has 0 saturated carbocycles. The highest BCUT2D eigenvalue weighted by molar-refractivity contribution is 6.35. The highest BCUT2D eigenvalue weighted by atomic mass is 16.5. The maximum atomic E-state index is 13.1. The molecule has 2 aromatic carbocycles. The number of rotatable bonds is 6. The Balaban J connectivity index is 1.64. The summed E-state index contributed by atoms with van der Waals surface area (Å²) < 4.78 is 10.6. The monoisotopic (exact) mass is 471 g/mol. The maximum Gasteiger partial charge on any atom is 0.340 e. The van der Waals surface area contributed by atoms with Crippen LogP contribution in [0.25, 0.3) is 22.8 Å². The van der Waals surface area contributed by atoms with Gasteiger partial charge in [-0.1, -0.05) is 24.3 Å². The third-order valence-corrected chi connectivity index (χ3v) is 6.71. The van der Waals surface area contributed by atoms with Crippen LogP contribution in [0.5, 0.6) is 5.75 Å². The van der Waals surface area contributed by atoms with Crippen LogP contribution < -0.4 is 15.4 Å².